The fraction of sp³-hybridized carbons (Fsp3) is 0.448. The van der Waals surface area contributed by atoms with Crippen molar-refractivity contribution in [3.63, 3.8) is 0 Å². The highest BCUT2D eigenvalue weighted by Crippen LogP contribution is 2.35. The summed E-state index contributed by atoms with van der Waals surface area (Å²) >= 11 is 0. The minimum absolute atomic E-state index is 0.162. The SMILES string of the molecule is COc1cc2cc([C@@H](c3nnnn3C(C)(C)C)N3CCC(Cc4ccccc4)CC3)c(=O)[nH]c2cc1OC. The number of likely N-dealkylation sites (tertiary alicyclic amines) is 1. The molecule has 0 bridgehead atoms. The second-order valence-electron chi connectivity index (χ2n) is 11.0. The Balaban J connectivity index is 1.54. The van der Waals surface area contributed by atoms with Gasteiger partial charge in [0.05, 0.1) is 25.3 Å². The summed E-state index contributed by atoms with van der Waals surface area (Å²) in [6.45, 7) is 7.90. The van der Waals surface area contributed by atoms with Gasteiger partial charge in [-0.15, -0.1) is 5.10 Å². The predicted octanol–water partition coefficient (Wildman–Crippen LogP) is 4.33. The van der Waals surface area contributed by atoms with Crippen LogP contribution in [-0.2, 0) is 12.0 Å². The van der Waals surface area contributed by atoms with Crippen LogP contribution in [0.3, 0.4) is 0 Å². The molecule has 0 radical (unpaired) electrons. The minimum Gasteiger partial charge on any atom is -0.493 e. The first-order valence-corrected chi connectivity index (χ1v) is 13.1. The lowest BCUT2D eigenvalue weighted by Crippen LogP contribution is -2.42. The van der Waals surface area contributed by atoms with E-state index in [0.717, 1.165) is 37.7 Å². The van der Waals surface area contributed by atoms with E-state index >= 15 is 0 Å². The number of nitrogens with zero attached hydrogens (tertiary/aromatic N) is 5. The lowest BCUT2D eigenvalue weighted by Gasteiger charge is -2.37. The van der Waals surface area contributed by atoms with Gasteiger partial charge in [-0.1, -0.05) is 30.3 Å². The van der Waals surface area contributed by atoms with Gasteiger partial charge in [-0.25, -0.2) is 4.68 Å². The molecular formula is C29H36N6O3. The molecule has 5 rings (SSSR count). The fourth-order valence-corrected chi connectivity index (χ4v) is 5.46. The second-order valence-corrected chi connectivity index (χ2v) is 11.0. The third-order valence-electron chi connectivity index (χ3n) is 7.43. The molecule has 200 valence electrons. The van der Waals surface area contributed by atoms with Crippen LogP contribution >= 0.6 is 0 Å². The summed E-state index contributed by atoms with van der Waals surface area (Å²) in [7, 11) is 3.19. The van der Waals surface area contributed by atoms with Crippen molar-refractivity contribution >= 4 is 10.9 Å². The maximum atomic E-state index is 13.6. The zero-order chi connectivity index (χ0) is 26.9. The third kappa shape index (κ3) is 5.15. The molecule has 3 heterocycles. The molecule has 9 heteroatoms. The van der Waals surface area contributed by atoms with Crippen LogP contribution < -0.4 is 15.0 Å². The molecule has 38 heavy (non-hydrogen) atoms. The summed E-state index contributed by atoms with van der Waals surface area (Å²) in [5.41, 5.74) is 2.17. The van der Waals surface area contributed by atoms with Gasteiger partial charge in [0.2, 0.25) is 0 Å². The predicted molar refractivity (Wildman–Crippen MR) is 147 cm³/mol. The van der Waals surface area contributed by atoms with Crippen LogP contribution in [0.5, 0.6) is 11.5 Å². The van der Waals surface area contributed by atoms with Gasteiger partial charge < -0.3 is 14.5 Å². The van der Waals surface area contributed by atoms with Crippen LogP contribution in [0.4, 0.5) is 0 Å². The second kappa shape index (κ2) is 10.6. The normalized spacial score (nSPS) is 16.0. The number of aromatic nitrogens is 5. The Hall–Kier alpha value is -3.72. The summed E-state index contributed by atoms with van der Waals surface area (Å²) in [5.74, 6) is 2.44. The summed E-state index contributed by atoms with van der Waals surface area (Å²) in [6.07, 6.45) is 3.15. The molecule has 1 N–H and O–H groups in total. The Morgan fingerprint density at radius 2 is 1.71 bits per heavy atom. The molecular weight excluding hydrogens is 480 g/mol. The van der Waals surface area contributed by atoms with Crippen LogP contribution in [-0.4, -0.2) is 57.4 Å². The van der Waals surface area contributed by atoms with Gasteiger partial charge in [0.1, 0.15) is 6.04 Å². The Kier molecular flexibility index (Phi) is 7.21. The molecule has 1 aliphatic heterocycles. The number of nitrogens with one attached hydrogen (secondary N) is 1. The number of benzene rings is 2. The molecule has 0 unspecified atom stereocenters. The van der Waals surface area contributed by atoms with Crippen molar-refractivity contribution in [1.82, 2.24) is 30.1 Å². The van der Waals surface area contributed by atoms with Crippen LogP contribution in [0.25, 0.3) is 10.9 Å². The average Bonchev–Trinajstić information content (AvgIpc) is 3.40. The van der Waals surface area contributed by atoms with Crippen molar-refractivity contribution in [2.75, 3.05) is 27.3 Å². The van der Waals surface area contributed by atoms with Gasteiger partial charge in [0.15, 0.2) is 17.3 Å². The van der Waals surface area contributed by atoms with Gasteiger partial charge in [-0.05, 0) is 87.2 Å². The van der Waals surface area contributed by atoms with E-state index in [1.165, 1.54) is 5.56 Å². The molecule has 1 saturated heterocycles. The number of hydrogen-bond donors (Lipinski definition) is 1. The van der Waals surface area contributed by atoms with Crippen LogP contribution in [0.1, 0.15) is 56.6 Å². The number of fused-ring (bicyclic) bond motifs is 1. The quantitative estimate of drug-likeness (QED) is 0.390. The van der Waals surface area contributed by atoms with Crippen LogP contribution in [0.2, 0.25) is 0 Å². The summed E-state index contributed by atoms with van der Waals surface area (Å²) < 4.78 is 12.8. The monoisotopic (exact) mass is 516 g/mol. The van der Waals surface area contributed by atoms with E-state index in [2.05, 4.69) is 76.5 Å². The highest BCUT2D eigenvalue weighted by Gasteiger charge is 2.35. The molecule has 0 spiro atoms. The van der Waals surface area contributed by atoms with Crippen molar-refractivity contribution in [3.05, 3.63) is 75.8 Å². The smallest absolute Gasteiger partial charge is 0.253 e. The molecule has 0 amide bonds. The Morgan fingerprint density at radius 1 is 1.03 bits per heavy atom. The third-order valence-corrected chi connectivity index (χ3v) is 7.43. The summed E-state index contributed by atoms with van der Waals surface area (Å²) in [5, 5.41) is 13.7. The van der Waals surface area contributed by atoms with E-state index < -0.39 is 0 Å². The topological polar surface area (TPSA) is 98.2 Å². The van der Waals surface area contributed by atoms with Gasteiger partial charge in [-0.2, -0.15) is 0 Å². The first-order chi connectivity index (χ1) is 18.3. The molecule has 0 saturated carbocycles. The highest BCUT2D eigenvalue weighted by molar-refractivity contribution is 5.83. The van der Waals surface area contributed by atoms with Crippen molar-refractivity contribution in [3.8, 4) is 11.5 Å². The number of hydrogen-bond acceptors (Lipinski definition) is 7. The van der Waals surface area contributed by atoms with E-state index in [4.69, 9.17) is 9.47 Å². The number of rotatable bonds is 7. The van der Waals surface area contributed by atoms with E-state index in [-0.39, 0.29) is 17.1 Å². The Morgan fingerprint density at radius 3 is 2.37 bits per heavy atom. The van der Waals surface area contributed by atoms with Gasteiger partial charge in [0, 0.05) is 17.0 Å². The van der Waals surface area contributed by atoms with Gasteiger partial charge in [0.25, 0.3) is 5.56 Å². The Labute approximate surface area is 222 Å². The molecule has 2 aromatic carbocycles. The largest absolute Gasteiger partial charge is 0.493 e. The molecule has 1 aliphatic rings. The molecule has 4 aromatic rings. The van der Waals surface area contributed by atoms with E-state index in [1.54, 1.807) is 20.3 Å². The summed E-state index contributed by atoms with van der Waals surface area (Å²) in [6, 6.07) is 15.9. The van der Waals surface area contributed by atoms with Crippen molar-refractivity contribution < 1.29 is 9.47 Å². The van der Waals surface area contributed by atoms with Gasteiger partial charge >= 0.3 is 0 Å². The van der Waals surface area contributed by atoms with E-state index in [9.17, 15) is 4.79 Å². The minimum atomic E-state index is -0.386. The van der Waals surface area contributed by atoms with Crippen molar-refractivity contribution in [2.24, 2.45) is 5.92 Å². The van der Waals surface area contributed by atoms with Crippen molar-refractivity contribution in [1.29, 1.82) is 0 Å². The average molecular weight is 517 g/mol. The molecule has 1 atom stereocenters. The number of methoxy groups -OCH3 is 2. The van der Waals surface area contributed by atoms with Crippen LogP contribution in [0.15, 0.2) is 53.3 Å². The number of H-pyrrole nitrogens is 1. The maximum absolute atomic E-state index is 13.6. The number of aromatic amines is 1. The maximum Gasteiger partial charge on any atom is 0.253 e. The lowest BCUT2D eigenvalue weighted by atomic mass is 9.88. The Bertz CT molecular complexity index is 1450. The van der Waals surface area contributed by atoms with E-state index in [1.807, 2.05) is 16.8 Å². The summed E-state index contributed by atoms with van der Waals surface area (Å²) in [4.78, 5) is 19.0. The first kappa shape index (κ1) is 25.9. The number of piperidine rings is 1. The van der Waals surface area contributed by atoms with Gasteiger partial charge in [-0.3, -0.25) is 9.69 Å². The number of ether oxygens (including phenoxy) is 2. The molecule has 2 aromatic heterocycles. The lowest BCUT2D eigenvalue weighted by molar-refractivity contribution is 0.138. The van der Waals surface area contributed by atoms with Crippen LogP contribution in [0, 0.1) is 5.92 Å². The number of pyridine rings is 1. The first-order valence-electron chi connectivity index (χ1n) is 13.1. The molecule has 0 aliphatic carbocycles. The van der Waals surface area contributed by atoms with Crippen molar-refractivity contribution in [2.45, 2.75) is 51.6 Å². The zero-order valence-electron chi connectivity index (χ0n) is 22.8. The highest BCUT2D eigenvalue weighted by atomic mass is 16.5. The zero-order valence-corrected chi connectivity index (χ0v) is 22.8. The standard InChI is InChI=1S/C29H36N6O3/c1-29(2,3)35-27(31-32-33-35)26(34-13-11-20(12-14-34)15-19-9-7-6-8-10-19)22-16-21-17-24(37-4)25(38-5)18-23(21)30-28(22)36/h6-10,16-18,20,26H,11-15H2,1-5H3,(H,30,36)/t26-/m0/s1. The molecule has 1 fully saturated rings. The number of tetrazole rings is 1. The fourth-order valence-electron chi connectivity index (χ4n) is 5.46. The van der Waals surface area contributed by atoms with E-state index in [0.29, 0.717) is 34.3 Å². The molecule has 9 nitrogen and oxygen atoms in total.